The molecule has 1 amide bonds. The lowest BCUT2D eigenvalue weighted by Crippen LogP contribution is -2.24. The van der Waals surface area contributed by atoms with E-state index in [1.807, 2.05) is 32.2 Å². The van der Waals surface area contributed by atoms with Gasteiger partial charge in [0.05, 0.1) is 5.69 Å². The van der Waals surface area contributed by atoms with Crippen LogP contribution in [0.3, 0.4) is 0 Å². The Morgan fingerprint density at radius 1 is 1.36 bits per heavy atom. The number of nitrogens with zero attached hydrogens (tertiary/aromatic N) is 2. The maximum atomic E-state index is 12.2. The Bertz CT molecular complexity index is 733. The molecule has 0 saturated carbocycles. The van der Waals surface area contributed by atoms with Crippen LogP contribution in [0.1, 0.15) is 44.1 Å². The Morgan fingerprint density at radius 2 is 2.08 bits per heavy atom. The van der Waals surface area contributed by atoms with Gasteiger partial charge in [-0.1, -0.05) is 38.4 Å². The van der Waals surface area contributed by atoms with Crippen molar-refractivity contribution in [1.29, 1.82) is 0 Å². The van der Waals surface area contributed by atoms with E-state index in [9.17, 15) is 4.79 Å². The van der Waals surface area contributed by atoms with Gasteiger partial charge in [0, 0.05) is 41.3 Å². The highest BCUT2D eigenvalue weighted by Crippen LogP contribution is 2.23. The maximum absolute atomic E-state index is 12.2. The minimum absolute atomic E-state index is 0.0165. The third-order valence-electron chi connectivity index (χ3n) is 4.10. The molecule has 1 aromatic carbocycles. The van der Waals surface area contributed by atoms with E-state index < -0.39 is 0 Å². The van der Waals surface area contributed by atoms with Gasteiger partial charge in [-0.3, -0.25) is 9.89 Å². The summed E-state index contributed by atoms with van der Waals surface area (Å²) in [4.78, 5) is 14.3. The molecule has 0 unspecified atom stereocenters. The second kappa shape index (κ2) is 8.02. The topological polar surface area (TPSA) is 61.0 Å². The number of halogens is 1. The molecule has 2 N–H and O–H groups in total. The number of benzene rings is 1. The summed E-state index contributed by atoms with van der Waals surface area (Å²) in [6, 6.07) is 7.60. The highest BCUT2D eigenvalue weighted by molar-refractivity contribution is 6.31. The molecular formula is C19H27ClN4O. The van der Waals surface area contributed by atoms with E-state index in [2.05, 4.69) is 47.3 Å². The third kappa shape index (κ3) is 5.58. The molecule has 0 fully saturated rings. The Morgan fingerprint density at radius 3 is 2.72 bits per heavy atom. The van der Waals surface area contributed by atoms with Gasteiger partial charge in [-0.2, -0.15) is 5.10 Å². The van der Waals surface area contributed by atoms with E-state index >= 15 is 0 Å². The Hall–Kier alpha value is -1.85. The average molecular weight is 363 g/mol. The normalized spacial score (nSPS) is 11.8. The SMILES string of the molecule is Cc1c(Cl)cccc1NC(=O)CCN(C)Cc1cc(C(C)(C)C)n[nH]1. The molecule has 0 aliphatic rings. The van der Waals surface area contributed by atoms with Gasteiger partial charge in [0.2, 0.25) is 5.91 Å². The number of aromatic amines is 1. The van der Waals surface area contributed by atoms with Crippen molar-refractivity contribution in [1.82, 2.24) is 15.1 Å². The average Bonchev–Trinajstić information content (AvgIpc) is 2.98. The summed E-state index contributed by atoms with van der Waals surface area (Å²) in [7, 11) is 2.00. The third-order valence-corrected chi connectivity index (χ3v) is 4.51. The molecule has 25 heavy (non-hydrogen) atoms. The molecule has 2 aromatic rings. The fourth-order valence-electron chi connectivity index (χ4n) is 2.44. The second-order valence-electron chi connectivity index (χ2n) is 7.48. The van der Waals surface area contributed by atoms with Gasteiger partial charge in [0.1, 0.15) is 0 Å². The summed E-state index contributed by atoms with van der Waals surface area (Å²) in [6.45, 7) is 9.70. The maximum Gasteiger partial charge on any atom is 0.225 e. The molecule has 6 heteroatoms. The van der Waals surface area contributed by atoms with Crippen molar-refractivity contribution >= 4 is 23.2 Å². The fourth-order valence-corrected chi connectivity index (χ4v) is 2.62. The lowest BCUT2D eigenvalue weighted by molar-refractivity contribution is -0.116. The van der Waals surface area contributed by atoms with E-state index in [1.54, 1.807) is 0 Å². The smallest absolute Gasteiger partial charge is 0.225 e. The van der Waals surface area contributed by atoms with Gasteiger partial charge in [-0.15, -0.1) is 0 Å². The first-order valence-corrected chi connectivity index (χ1v) is 8.83. The summed E-state index contributed by atoms with van der Waals surface area (Å²) in [5.74, 6) is -0.0165. The van der Waals surface area contributed by atoms with E-state index in [4.69, 9.17) is 11.6 Å². The van der Waals surface area contributed by atoms with Crippen LogP contribution >= 0.6 is 11.6 Å². The lowest BCUT2D eigenvalue weighted by atomic mass is 9.92. The van der Waals surface area contributed by atoms with E-state index in [-0.39, 0.29) is 11.3 Å². The molecule has 5 nitrogen and oxygen atoms in total. The van der Waals surface area contributed by atoms with Gasteiger partial charge in [0.15, 0.2) is 0 Å². The molecule has 0 aliphatic carbocycles. The van der Waals surface area contributed by atoms with Crippen molar-refractivity contribution in [3.05, 3.63) is 46.2 Å². The highest BCUT2D eigenvalue weighted by Gasteiger charge is 2.17. The molecule has 0 atom stereocenters. The number of carbonyl (C=O) groups is 1. The molecular weight excluding hydrogens is 336 g/mol. The van der Waals surface area contributed by atoms with Crippen LogP contribution in [0.2, 0.25) is 5.02 Å². The zero-order valence-electron chi connectivity index (χ0n) is 15.6. The van der Waals surface area contributed by atoms with Crippen molar-refractivity contribution in [2.75, 3.05) is 18.9 Å². The van der Waals surface area contributed by atoms with Crippen LogP contribution in [0.15, 0.2) is 24.3 Å². The predicted molar refractivity (Wildman–Crippen MR) is 103 cm³/mol. The Balaban J connectivity index is 1.83. The zero-order valence-corrected chi connectivity index (χ0v) is 16.4. The van der Waals surface area contributed by atoms with Gasteiger partial charge in [0.25, 0.3) is 0 Å². The minimum Gasteiger partial charge on any atom is -0.326 e. The number of aromatic nitrogens is 2. The first-order valence-electron chi connectivity index (χ1n) is 8.45. The molecule has 0 saturated heterocycles. The largest absolute Gasteiger partial charge is 0.326 e. The van der Waals surface area contributed by atoms with Gasteiger partial charge >= 0.3 is 0 Å². The van der Waals surface area contributed by atoms with Crippen molar-refractivity contribution in [3.63, 3.8) is 0 Å². The highest BCUT2D eigenvalue weighted by atomic mass is 35.5. The van der Waals surface area contributed by atoms with Crippen molar-refractivity contribution < 1.29 is 4.79 Å². The summed E-state index contributed by atoms with van der Waals surface area (Å²) in [5.41, 5.74) is 3.78. The van der Waals surface area contributed by atoms with Crippen molar-refractivity contribution in [2.45, 2.75) is 46.1 Å². The molecule has 0 bridgehead atoms. The van der Waals surface area contributed by atoms with Crippen LogP contribution in [0.4, 0.5) is 5.69 Å². The quantitative estimate of drug-likeness (QED) is 0.812. The number of nitrogens with one attached hydrogen (secondary N) is 2. The molecule has 1 heterocycles. The van der Waals surface area contributed by atoms with Crippen LogP contribution < -0.4 is 5.32 Å². The fraction of sp³-hybridized carbons (Fsp3) is 0.474. The minimum atomic E-state index is -0.0165. The number of hydrogen-bond donors (Lipinski definition) is 2. The number of hydrogen-bond acceptors (Lipinski definition) is 3. The first-order chi connectivity index (χ1) is 11.7. The van der Waals surface area contributed by atoms with Crippen LogP contribution in [-0.2, 0) is 16.8 Å². The monoisotopic (exact) mass is 362 g/mol. The predicted octanol–water partition coefficient (Wildman–Crippen LogP) is 4.13. The van der Waals surface area contributed by atoms with Gasteiger partial charge in [-0.05, 0) is 37.7 Å². The van der Waals surface area contributed by atoms with E-state index in [0.29, 0.717) is 18.0 Å². The summed E-state index contributed by atoms with van der Waals surface area (Å²) in [6.07, 6.45) is 0.419. The van der Waals surface area contributed by atoms with Crippen LogP contribution in [0.5, 0.6) is 0 Å². The molecule has 0 aliphatic heterocycles. The first kappa shape index (κ1) is 19.5. The van der Waals surface area contributed by atoms with Gasteiger partial charge in [-0.25, -0.2) is 0 Å². The Kier molecular flexibility index (Phi) is 6.25. The van der Waals surface area contributed by atoms with Crippen LogP contribution in [0.25, 0.3) is 0 Å². The summed E-state index contributed by atoms with van der Waals surface area (Å²) >= 11 is 6.08. The molecule has 2 rings (SSSR count). The van der Waals surface area contributed by atoms with Crippen molar-refractivity contribution in [3.8, 4) is 0 Å². The second-order valence-corrected chi connectivity index (χ2v) is 7.88. The summed E-state index contributed by atoms with van der Waals surface area (Å²) in [5, 5.41) is 11.0. The molecule has 136 valence electrons. The lowest BCUT2D eigenvalue weighted by Gasteiger charge is -2.16. The number of amides is 1. The van der Waals surface area contributed by atoms with E-state index in [1.165, 1.54) is 0 Å². The molecule has 0 spiro atoms. The van der Waals surface area contributed by atoms with E-state index in [0.717, 1.165) is 29.2 Å². The standard InChI is InChI=1S/C19H27ClN4O/c1-13-15(20)7-6-8-16(13)21-18(25)9-10-24(5)12-14-11-17(23-22-14)19(2,3)4/h6-8,11H,9-10,12H2,1-5H3,(H,21,25)(H,22,23). The number of anilines is 1. The zero-order chi connectivity index (χ0) is 18.6. The van der Waals surface area contributed by atoms with Crippen molar-refractivity contribution in [2.24, 2.45) is 0 Å². The Labute approximate surface area is 154 Å². The molecule has 0 radical (unpaired) electrons. The van der Waals surface area contributed by atoms with Crippen LogP contribution in [-0.4, -0.2) is 34.6 Å². The summed E-state index contributed by atoms with van der Waals surface area (Å²) < 4.78 is 0. The number of carbonyl (C=O) groups excluding carboxylic acids is 1. The number of H-pyrrole nitrogens is 1. The van der Waals surface area contributed by atoms with Gasteiger partial charge < -0.3 is 10.2 Å². The van der Waals surface area contributed by atoms with Crippen LogP contribution in [0, 0.1) is 6.92 Å². The number of rotatable bonds is 6. The molecule has 1 aromatic heterocycles.